The molecule has 1 fully saturated rings. The van der Waals surface area contributed by atoms with Gasteiger partial charge in [-0.3, -0.25) is 9.59 Å². The lowest BCUT2D eigenvalue weighted by Gasteiger charge is -2.18. The average Bonchev–Trinajstić information content (AvgIpc) is 3.21. The molecular formula is C20H19N3O3. The summed E-state index contributed by atoms with van der Waals surface area (Å²) in [5.74, 6) is -0.0905. The van der Waals surface area contributed by atoms with Crippen molar-refractivity contribution in [3.63, 3.8) is 0 Å². The molecule has 1 aliphatic rings. The molecule has 0 saturated carbocycles. The molecule has 1 N–H and O–H groups in total. The molecule has 2 aromatic carbocycles. The number of likely N-dealkylation sites (tertiary alicyclic amines) is 1. The summed E-state index contributed by atoms with van der Waals surface area (Å²) in [5.41, 5.74) is 1.65. The Hall–Kier alpha value is -3.15. The number of nitrogens with one attached hydrogen (secondary N) is 1. The molecule has 0 radical (unpaired) electrons. The number of aryl methyl sites for hydroxylation is 1. The Kier molecular flexibility index (Phi) is 4.16. The quantitative estimate of drug-likeness (QED) is 0.786. The molecule has 132 valence electrons. The Labute approximate surface area is 150 Å². The lowest BCUT2D eigenvalue weighted by atomic mass is 10.0. The molecule has 1 aliphatic heterocycles. The first kappa shape index (κ1) is 16.3. The van der Waals surface area contributed by atoms with Crippen LogP contribution in [0.25, 0.3) is 10.8 Å². The third kappa shape index (κ3) is 3.06. The number of amides is 2. The van der Waals surface area contributed by atoms with Gasteiger partial charge in [0.1, 0.15) is 0 Å². The van der Waals surface area contributed by atoms with Gasteiger partial charge >= 0.3 is 0 Å². The predicted octanol–water partition coefficient (Wildman–Crippen LogP) is 2.67. The Bertz CT molecular complexity index is 974. The van der Waals surface area contributed by atoms with Gasteiger partial charge in [0, 0.05) is 19.5 Å². The number of hydrogen-bond acceptors (Lipinski definition) is 4. The van der Waals surface area contributed by atoms with Crippen molar-refractivity contribution in [2.75, 3.05) is 6.54 Å². The molecule has 4 rings (SSSR count). The molecular weight excluding hydrogens is 330 g/mol. The number of benzene rings is 2. The van der Waals surface area contributed by atoms with E-state index in [1.807, 2.05) is 24.3 Å². The van der Waals surface area contributed by atoms with Crippen LogP contribution in [-0.2, 0) is 11.3 Å². The number of carbonyl (C=O) groups is 2. The van der Waals surface area contributed by atoms with E-state index in [0.717, 1.165) is 16.3 Å². The molecule has 26 heavy (non-hydrogen) atoms. The number of rotatable bonds is 4. The van der Waals surface area contributed by atoms with Gasteiger partial charge in [0.25, 0.3) is 5.91 Å². The van der Waals surface area contributed by atoms with Crippen LogP contribution in [-0.4, -0.2) is 34.3 Å². The monoisotopic (exact) mass is 349 g/mol. The highest BCUT2D eigenvalue weighted by molar-refractivity contribution is 5.93. The van der Waals surface area contributed by atoms with Crippen molar-refractivity contribution in [1.29, 1.82) is 0 Å². The summed E-state index contributed by atoms with van der Waals surface area (Å²) in [6.07, 6.45) is 1.54. The summed E-state index contributed by atoms with van der Waals surface area (Å²) in [5, 5.41) is 5.17. The molecule has 6 nitrogen and oxygen atoms in total. The first-order valence-corrected chi connectivity index (χ1v) is 8.57. The van der Waals surface area contributed by atoms with Crippen LogP contribution < -0.4 is 5.32 Å². The maximum Gasteiger partial charge on any atom is 0.289 e. The molecule has 2 heterocycles. The highest BCUT2D eigenvalue weighted by Crippen LogP contribution is 2.22. The fraction of sp³-hybridized carbons (Fsp3) is 0.250. The number of nitrogens with zero attached hydrogens (tertiary/aromatic N) is 2. The van der Waals surface area contributed by atoms with Crippen molar-refractivity contribution in [3.05, 3.63) is 65.9 Å². The second-order valence-electron chi connectivity index (χ2n) is 6.55. The van der Waals surface area contributed by atoms with E-state index in [0.29, 0.717) is 25.2 Å². The van der Waals surface area contributed by atoms with E-state index in [4.69, 9.17) is 4.42 Å². The normalized spacial score (nSPS) is 17.0. The summed E-state index contributed by atoms with van der Waals surface area (Å²) < 4.78 is 5.11. The number of carbonyl (C=O) groups excluding carboxylic acids is 2. The topological polar surface area (TPSA) is 75.4 Å². The van der Waals surface area contributed by atoms with Gasteiger partial charge in [-0.15, -0.1) is 0 Å². The number of fused-ring (bicyclic) bond motifs is 1. The predicted molar refractivity (Wildman–Crippen MR) is 96.5 cm³/mol. The molecule has 3 aromatic rings. The third-order valence-electron chi connectivity index (χ3n) is 4.74. The van der Waals surface area contributed by atoms with Gasteiger partial charge in [-0.1, -0.05) is 42.5 Å². The van der Waals surface area contributed by atoms with Crippen LogP contribution in [0.2, 0.25) is 0 Å². The standard InChI is InChI=1S/C20H19N3O3/c1-13-19(26-12-21-13)20(25)22-16-9-18(24)23(11-16)10-15-7-4-6-14-5-2-3-8-17(14)15/h2-8,12,16H,9-11H2,1H3,(H,22,25). The van der Waals surface area contributed by atoms with Crippen molar-refractivity contribution >= 4 is 22.6 Å². The Morgan fingerprint density at radius 3 is 2.88 bits per heavy atom. The van der Waals surface area contributed by atoms with Gasteiger partial charge in [-0.2, -0.15) is 0 Å². The lowest BCUT2D eigenvalue weighted by Crippen LogP contribution is -2.37. The van der Waals surface area contributed by atoms with Crippen molar-refractivity contribution in [2.45, 2.75) is 25.9 Å². The van der Waals surface area contributed by atoms with Crippen molar-refractivity contribution in [3.8, 4) is 0 Å². The van der Waals surface area contributed by atoms with E-state index in [1.54, 1.807) is 11.8 Å². The molecule has 1 atom stereocenters. The van der Waals surface area contributed by atoms with Gasteiger partial charge in [-0.25, -0.2) is 4.98 Å². The lowest BCUT2D eigenvalue weighted by molar-refractivity contribution is -0.128. The largest absolute Gasteiger partial charge is 0.438 e. The van der Waals surface area contributed by atoms with E-state index in [2.05, 4.69) is 28.5 Å². The van der Waals surface area contributed by atoms with Crippen LogP contribution in [0.15, 0.2) is 53.3 Å². The fourth-order valence-electron chi connectivity index (χ4n) is 3.43. The van der Waals surface area contributed by atoms with Crippen LogP contribution in [0, 0.1) is 6.92 Å². The summed E-state index contributed by atoms with van der Waals surface area (Å²) in [6.45, 7) is 2.74. The molecule has 1 saturated heterocycles. The zero-order valence-electron chi connectivity index (χ0n) is 14.4. The minimum absolute atomic E-state index is 0.0394. The van der Waals surface area contributed by atoms with Crippen LogP contribution >= 0.6 is 0 Å². The second kappa shape index (κ2) is 6.63. The van der Waals surface area contributed by atoms with E-state index in [9.17, 15) is 9.59 Å². The number of aromatic nitrogens is 1. The minimum Gasteiger partial charge on any atom is -0.438 e. The SMILES string of the molecule is Cc1ncoc1C(=O)NC1CC(=O)N(Cc2cccc3ccccc23)C1. The highest BCUT2D eigenvalue weighted by atomic mass is 16.3. The average molecular weight is 349 g/mol. The zero-order valence-corrected chi connectivity index (χ0v) is 14.4. The van der Waals surface area contributed by atoms with Crippen LogP contribution in [0.5, 0.6) is 0 Å². The van der Waals surface area contributed by atoms with Gasteiger partial charge < -0.3 is 14.6 Å². The summed E-state index contributed by atoms with van der Waals surface area (Å²) in [6, 6.07) is 14.0. The van der Waals surface area contributed by atoms with Gasteiger partial charge in [0.05, 0.1) is 11.7 Å². The zero-order chi connectivity index (χ0) is 18.1. The Morgan fingerprint density at radius 2 is 2.08 bits per heavy atom. The molecule has 0 bridgehead atoms. The van der Waals surface area contributed by atoms with E-state index in [1.165, 1.54) is 6.39 Å². The van der Waals surface area contributed by atoms with Crippen molar-refractivity contribution in [2.24, 2.45) is 0 Å². The number of oxazole rings is 1. The molecule has 6 heteroatoms. The van der Waals surface area contributed by atoms with Gasteiger partial charge in [0.2, 0.25) is 11.7 Å². The molecule has 0 spiro atoms. The van der Waals surface area contributed by atoms with Crippen LogP contribution in [0.4, 0.5) is 0 Å². The van der Waals surface area contributed by atoms with Crippen LogP contribution in [0.3, 0.4) is 0 Å². The Morgan fingerprint density at radius 1 is 1.27 bits per heavy atom. The first-order valence-electron chi connectivity index (χ1n) is 8.57. The summed E-state index contributed by atoms with van der Waals surface area (Å²) >= 11 is 0. The smallest absolute Gasteiger partial charge is 0.289 e. The fourth-order valence-corrected chi connectivity index (χ4v) is 3.43. The second-order valence-corrected chi connectivity index (χ2v) is 6.55. The van der Waals surface area contributed by atoms with Crippen LogP contribution in [0.1, 0.15) is 28.2 Å². The van der Waals surface area contributed by atoms with E-state index < -0.39 is 0 Å². The summed E-state index contributed by atoms with van der Waals surface area (Å²) in [7, 11) is 0. The molecule has 0 aliphatic carbocycles. The molecule has 2 amide bonds. The van der Waals surface area contributed by atoms with E-state index in [-0.39, 0.29) is 23.6 Å². The van der Waals surface area contributed by atoms with Gasteiger partial charge in [0.15, 0.2) is 6.39 Å². The van der Waals surface area contributed by atoms with Crippen molar-refractivity contribution < 1.29 is 14.0 Å². The van der Waals surface area contributed by atoms with Crippen molar-refractivity contribution in [1.82, 2.24) is 15.2 Å². The number of hydrogen-bond donors (Lipinski definition) is 1. The maximum absolute atomic E-state index is 12.4. The maximum atomic E-state index is 12.4. The Balaban J connectivity index is 1.46. The summed E-state index contributed by atoms with van der Waals surface area (Å²) in [4.78, 5) is 30.4. The first-order chi connectivity index (χ1) is 12.6. The molecule has 1 unspecified atom stereocenters. The van der Waals surface area contributed by atoms with Gasteiger partial charge in [-0.05, 0) is 23.3 Å². The highest BCUT2D eigenvalue weighted by Gasteiger charge is 2.31. The minimum atomic E-state index is -0.329. The third-order valence-corrected chi connectivity index (χ3v) is 4.74. The molecule has 1 aromatic heterocycles. The van der Waals surface area contributed by atoms with E-state index >= 15 is 0 Å².